The highest BCUT2D eigenvalue weighted by atomic mass is 14.7. The largest absolute Gasteiger partial charge is 0.330 e. The number of fused-ring (bicyclic) bond motifs is 2. The molecule has 0 aromatic heterocycles. The van der Waals surface area contributed by atoms with Crippen LogP contribution in [0.25, 0.3) is 0 Å². The third-order valence-corrected chi connectivity index (χ3v) is 7.01. The van der Waals surface area contributed by atoms with Gasteiger partial charge in [-0.2, -0.15) is 0 Å². The molecule has 7 unspecified atom stereocenters. The summed E-state index contributed by atoms with van der Waals surface area (Å²) in [5, 5.41) is 0. The van der Waals surface area contributed by atoms with Crippen LogP contribution in [0.4, 0.5) is 0 Å². The molecule has 0 aromatic rings. The van der Waals surface area contributed by atoms with E-state index in [2.05, 4.69) is 6.92 Å². The highest BCUT2D eigenvalue weighted by Crippen LogP contribution is 2.64. The Kier molecular flexibility index (Phi) is 2.23. The van der Waals surface area contributed by atoms with E-state index in [9.17, 15) is 0 Å². The molecular weight excluding hydrogens is 206 g/mol. The Labute approximate surface area is 106 Å². The zero-order valence-electron chi connectivity index (χ0n) is 11.2. The Hall–Kier alpha value is -0.0400. The Morgan fingerprint density at radius 2 is 1.82 bits per heavy atom. The van der Waals surface area contributed by atoms with Gasteiger partial charge in [0, 0.05) is 0 Å². The van der Waals surface area contributed by atoms with E-state index in [0.29, 0.717) is 5.41 Å². The average Bonchev–Trinajstić information content (AvgIpc) is 2.34. The lowest BCUT2D eigenvalue weighted by molar-refractivity contribution is -0.122. The number of nitrogens with two attached hydrogens (primary N) is 1. The quantitative estimate of drug-likeness (QED) is 0.737. The summed E-state index contributed by atoms with van der Waals surface area (Å²) in [6, 6.07) is 0. The zero-order valence-corrected chi connectivity index (χ0v) is 11.2. The molecule has 0 spiro atoms. The van der Waals surface area contributed by atoms with Crippen molar-refractivity contribution in [1.29, 1.82) is 0 Å². The van der Waals surface area contributed by atoms with Gasteiger partial charge < -0.3 is 5.73 Å². The van der Waals surface area contributed by atoms with E-state index < -0.39 is 0 Å². The van der Waals surface area contributed by atoms with Crippen LogP contribution in [0.15, 0.2) is 0 Å². The number of hydrogen-bond donors (Lipinski definition) is 1. The Balaban J connectivity index is 1.73. The van der Waals surface area contributed by atoms with Crippen LogP contribution in [-0.4, -0.2) is 6.54 Å². The minimum atomic E-state index is 0.663. The minimum Gasteiger partial charge on any atom is -0.330 e. The van der Waals surface area contributed by atoms with Gasteiger partial charge in [-0.25, -0.2) is 0 Å². The first-order valence-electron chi connectivity index (χ1n) is 7.88. The normalized spacial score (nSPS) is 60.4. The minimum absolute atomic E-state index is 0.663. The maximum absolute atomic E-state index is 6.10. The van der Waals surface area contributed by atoms with Crippen molar-refractivity contribution in [3.63, 3.8) is 0 Å². The number of hydrogen-bond acceptors (Lipinski definition) is 1. The Bertz CT molecular complexity index is 316. The van der Waals surface area contributed by atoms with Crippen molar-refractivity contribution in [2.75, 3.05) is 6.54 Å². The topological polar surface area (TPSA) is 26.0 Å². The summed E-state index contributed by atoms with van der Waals surface area (Å²) in [5.41, 5.74) is 6.76. The second-order valence-corrected chi connectivity index (χ2v) is 8.09. The van der Waals surface area contributed by atoms with Gasteiger partial charge in [-0.15, -0.1) is 0 Å². The predicted octanol–water partition coefficient (Wildman–Crippen LogP) is 3.43. The summed E-state index contributed by atoms with van der Waals surface area (Å²) in [6.45, 7) is 3.53. The molecule has 17 heavy (non-hydrogen) atoms. The lowest BCUT2D eigenvalue weighted by Crippen LogP contribution is -2.55. The molecule has 7 atom stereocenters. The summed E-state index contributed by atoms with van der Waals surface area (Å²) in [4.78, 5) is 0. The van der Waals surface area contributed by atoms with Gasteiger partial charge in [0.05, 0.1) is 0 Å². The molecule has 0 aromatic carbocycles. The highest BCUT2D eigenvalue weighted by Gasteiger charge is 2.56. The van der Waals surface area contributed by atoms with Crippen LogP contribution in [0, 0.1) is 40.9 Å². The zero-order chi connectivity index (χ0) is 11.6. The Morgan fingerprint density at radius 3 is 2.65 bits per heavy atom. The lowest BCUT2D eigenvalue weighted by atomic mass is 9.43. The molecule has 96 valence electrons. The van der Waals surface area contributed by atoms with E-state index in [0.717, 1.165) is 42.1 Å². The van der Waals surface area contributed by atoms with Gasteiger partial charge in [-0.1, -0.05) is 13.3 Å². The molecule has 2 N–H and O–H groups in total. The van der Waals surface area contributed by atoms with Gasteiger partial charge in [0.15, 0.2) is 0 Å². The van der Waals surface area contributed by atoms with Crippen molar-refractivity contribution >= 4 is 0 Å². The van der Waals surface area contributed by atoms with E-state index in [1.54, 1.807) is 19.3 Å². The smallest absolute Gasteiger partial charge is 0.00459 e. The molecule has 4 rings (SSSR count). The maximum atomic E-state index is 6.10. The van der Waals surface area contributed by atoms with Crippen LogP contribution in [0.5, 0.6) is 0 Å². The van der Waals surface area contributed by atoms with Crippen LogP contribution >= 0.6 is 0 Å². The molecular formula is C16H27N. The molecule has 4 fully saturated rings. The molecule has 1 nitrogen and oxygen atoms in total. The molecule has 0 radical (unpaired) electrons. The van der Waals surface area contributed by atoms with Crippen LogP contribution in [0.1, 0.15) is 51.9 Å². The molecule has 4 aliphatic rings. The van der Waals surface area contributed by atoms with Crippen molar-refractivity contribution in [3.8, 4) is 0 Å². The van der Waals surface area contributed by atoms with Crippen LogP contribution in [0.3, 0.4) is 0 Å². The van der Waals surface area contributed by atoms with Gasteiger partial charge in [0.1, 0.15) is 0 Å². The summed E-state index contributed by atoms with van der Waals surface area (Å²) < 4.78 is 0. The van der Waals surface area contributed by atoms with E-state index in [1.165, 1.54) is 25.7 Å². The van der Waals surface area contributed by atoms with E-state index >= 15 is 0 Å². The fourth-order valence-corrected chi connectivity index (χ4v) is 6.57. The first-order chi connectivity index (χ1) is 8.18. The van der Waals surface area contributed by atoms with Crippen molar-refractivity contribution in [1.82, 2.24) is 0 Å². The molecule has 0 saturated heterocycles. The highest BCUT2D eigenvalue weighted by molar-refractivity contribution is 5.06. The van der Waals surface area contributed by atoms with Crippen molar-refractivity contribution < 1.29 is 0 Å². The lowest BCUT2D eigenvalue weighted by Gasteiger charge is -2.62. The third kappa shape index (κ3) is 1.47. The third-order valence-electron chi connectivity index (χ3n) is 7.01. The first kappa shape index (κ1) is 10.8. The van der Waals surface area contributed by atoms with E-state index in [-0.39, 0.29) is 0 Å². The summed E-state index contributed by atoms with van der Waals surface area (Å²) in [5.74, 6) is 6.22. The van der Waals surface area contributed by atoms with Crippen molar-refractivity contribution in [3.05, 3.63) is 0 Å². The first-order valence-corrected chi connectivity index (χ1v) is 7.88. The second kappa shape index (κ2) is 3.50. The summed E-state index contributed by atoms with van der Waals surface area (Å²) >= 11 is 0. The molecule has 0 amide bonds. The van der Waals surface area contributed by atoms with Crippen LogP contribution in [0.2, 0.25) is 0 Å². The van der Waals surface area contributed by atoms with Crippen LogP contribution < -0.4 is 5.73 Å². The summed E-state index contributed by atoms with van der Waals surface area (Å²) in [7, 11) is 0. The monoisotopic (exact) mass is 233 g/mol. The SMILES string of the molecule is CC12CC(CN)C3CC4CCC(C1)C(C4)C3C2. The fraction of sp³-hybridized carbons (Fsp3) is 1.00. The van der Waals surface area contributed by atoms with E-state index in [4.69, 9.17) is 5.73 Å². The molecule has 4 saturated carbocycles. The van der Waals surface area contributed by atoms with Crippen molar-refractivity contribution in [2.45, 2.75) is 51.9 Å². The maximum Gasteiger partial charge on any atom is -0.00459 e. The Morgan fingerprint density at radius 1 is 1.00 bits per heavy atom. The second-order valence-electron chi connectivity index (χ2n) is 8.09. The molecule has 0 aliphatic heterocycles. The van der Waals surface area contributed by atoms with Gasteiger partial charge in [-0.05, 0) is 86.0 Å². The standard InChI is InChI=1S/C16H27N/c1-16-6-11-3-2-10-4-13(11)15(8-16)14(5-10)12(7-16)9-17/h10-15H,2-9,17H2,1H3. The summed E-state index contributed by atoms with van der Waals surface area (Å²) in [6.07, 6.45) is 10.7. The van der Waals surface area contributed by atoms with Crippen molar-refractivity contribution in [2.24, 2.45) is 46.7 Å². The fourth-order valence-electron chi connectivity index (χ4n) is 6.57. The van der Waals surface area contributed by atoms with E-state index in [1.807, 2.05) is 0 Å². The average molecular weight is 233 g/mol. The van der Waals surface area contributed by atoms with Gasteiger partial charge in [0.2, 0.25) is 0 Å². The number of rotatable bonds is 1. The van der Waals surface area contributed by atoms with Gasteiger partial charge in [0.25, 0.3) is 0 Å². The predicted molar refractivity (Wildman–Crippen MR) is 70.4 cm³/mol. The van der Waals surface area contributed by atoms with Gasteiger partial charge >= 0.3 is 0 Å². The molecule has 1 heteroatoms. The molecule has 0 heterocycles. The van der Waals surface area contributed by atoms with Gasteiger partial charge in [-0.3, -0.25) is 0 Å². The van der Waals surface area contributed by atoms with Crippen LogP contribution in [-0.2, 0) is 0 Å². The molecule has 4 aliphatic carbocycles. The molecule has 4 bridgehead atoms.